The molecule has 18 heteroatoms. The summed E-state index contributed by atoms with van der Waals surface area (Å²) in [6.07, 6.45) is 0.117. The Balaban J connectivity index is 2.68. The fourth-order valence-electron chi connectivity index (χ4n) is 3.82. The molecule has 48 heavy (non-hydrogen) atoms. The van der Waals surface area contributed by atoms with Gasteiger partial charge in [0, 0.05) is 12.2 Å². The number of nitrogens with two attached hydrogens (primary N) is 1. The summed E-state index contributed by atoms with van der Waals surface area (Å²) in [5.74, 6) is -6.15. The number of nitrogens with one attached hydrogen (secondary N) is 7. The van der Waals surface area contributed by atoms with Crippen LogP contribution in [0.4, 0.5) is 0 Å². The molecule has 0 aliphatic heterocycles. The standard InChI is InChI=1S/C30H46N8O9S/c1-14(23(39)33-15(2)25(41)35-17(4)27(43)37-19(6)30(46)47)32-24(40)16(3)34-26(42)18(5)36-29(45)22(38-28(44)21(31)13-48)12-20-10-8-7-9-11-20/h7-11,14-19,21-22,48H,12-13,31H2,1-6H3,(H,32,40)(H,33,39)(H,34,42)(H,35,41)(H,36,45)(H,37,43)(H,38,44)(H,46,47)/t14-,15-,16-,17-,18-,19-,21-,22-/m0/s1. The molecule has 266 valence electrons. The lowest BCUT2D eigenvalue weighted by atomic mass is 10.0. The summed E-state index contributed by atoms with van der Waals surface area (Å²) in [7, 11) is 0. The minimum absolute atomic E-state index is 0.0509. The first kappa shape index (κ1) is 41.3. The second-order valence-electron chi connectivity index (χ2n) is 11.3. The van der Waals surface area contributed by atoms with Crippen LogP contribution in [-0.4, -0.2) is 107 Å². The van der Waals surface area contributed by atoms with Gasteiger partial charge in [-0.15, -0.1) is 0 Å². The molecular formula is C30H46N8O9S. The molecule has 0 aromatic heterocycles. The van der Waals surface area contributed by atoms with Crippen LogP contribution in [0.3, 0.4) is 0 Å². The Kier molecular flexibility index (Phi) is 17.1. The van der Waals surface area contributed by atoms with Gasteiger partial charge in [-0.3, -0.25) is 38.4 Å². The molecule has 0 fully saturated rings. The van der Waals surface area contributed by atoms with Crippen molar-refractivity contribution in [1.29, 1.82) is 0 Å². The van der Waals surface area contributed by atoms with E-state index in [1.54, 1.807) is 30.3 Å². The number of carbonyl (C=O) groups excluding carboxylic acids is 7. The molecule has 0 unspecified atom stereocenters. The molecule has 0 radical (unpaired) electrons. The first-order valence-corrected chi connectivity index (χ1v) is 15.8. The minimum atomic E-state index is -1.25. The Labute approximate surface area is 284 Å². The van der Waals surface area contributed by atoms with Crippen molar-refractivity contribution in [3.63, 3.8) is 0 Å². The lowest BCUT2D eigenvalue weighted by Gasteiger charge is -2.24. The van der Waals surface area contributed by atoms with Crippen LogP contribution >= 0.6 is 12.6 Å². The van der Waals surface area contributed by atoms with E-state index in [0.29, 0.717) is 0 Å². The van der Waals surface area contributed by atoms with Gasteiger partial charge < -0.3 is 48.1 Å². The third-order valence-electron chi connectivity index (χ3n) is 6.94. The van der Waals surface area contributed by atoms with Crippen molar-refractivity contribution < 1.29 is 43.5 Å². The smallest absolute Gasteiger partial charge is 0.325 e. The van der Waals surface area contributed by atoms with Crippen molar-refractivity contribution in [1.82, 2.24) is 37.2 Å². The Morgan fingerprint density at radius 2 is 0.896 bits per heavy atom. The van der Waals surface area contributed by atoms with Crippen LogP contribution in [0.5, 0.6) is 0 Å². The number of benzene rings is 1. The minimum Gasteiger partial charge on any atom is -0.480 e. The topological polar surface area (TPSA) is 267 Å². The van der Waals surface area contributed by atoms with Crippen molar-refractivity contribution in [3.8, 4) is 0 Å². The quantitative estimate of drug-likeness (QED) is 0.0700. The maximum atomic E-state index is 13.1. The van der Waals surface area contributed by atoms with Crippen LogP contribution in [0.25, 0.3) is 0 Å². The van der Waals surface area contributed by atoms with Gasteiger partial charge in [-0.25, -0.2) is 0 Å². The monoisotopic (exact) mass is 694 g/mol. The number of carboxylic acids is 1. The van der Waals surface area contributed by atoms with Gasteiger partial charge in [-0.1, -0.05) is 30.3 Å². The van der Waals surface area contributed by atoms with Crippen LogP contribution in [0.2, 0.25) is 0 Å². The molecule has 17 nitrogen and oxygen atoms in total. The number of hydrogen-bond donors (Lipinski definition) is 10. The second kappa shape index (κ2) is 19.8. The SMILES string of the molecule is C[C@H](NC(=O)[C@H](C)NC(=O)[C@H](C)NC(=O)[C@H](C)NC(=O)[C@H](C)NC(=O)[C@H](C)NC(=O)[C@H](Cc1ccccc1)NC(=O)[C@@H](N)CS)C(=O)O. The van der Waals surface area contributed by atoms with Crippen LogP contribution in [0.15, 0.2) is 30.3 Å². The van der Waals surface area contributed by atoms with E-state index in [9.17, 15) is 38.4 Å². The number of carboxylic acid groups (broad SMARTS) is 1. The average molecular weight is 695 g/mol. The molecule has 0 saturated heterocycles. The van der Waals surface area contributed by atoms with Crippen molar-refractivity contribution in [3.05, 3.63) is 35.9 Å². The third-order valence-corrected chi connectivity index (χ3v) is 7.33. The molecule has 7 amide bonds. The van der Waals surface area contributed by atoms with Gasteiger partial charge in [-0.2, -0.15) is 12.6 Å². The zero-order valence-corrected chi connectivity index (χ0v) is 28.6. The van der Waals surface area contributed by atoms with Crippen LogP contribution in [0, 0.1) is 0 Å². The van der Waals surface area contributed by atoms with Crippen molar-refractivity contribution in [2.75, 3.05) is 5.75 Å². The normalized spacial score (nSPS) is 15.8. The molecule has 0 heterocycles. The highest BCUT2D eigenvalue weighted by atomic mass is 32.1. The number of hydrogen-bond acceptors (Lipinski definition) is 10. The third kappa shape index (κ3) is 14.0. The fourth-order valence-corrected chi connectivity index (χ4v) is 3.98. The van der Waals surface area contributed by atoms with E-state index in [1.165, 1.54) is 41.5 Å². The molecule has 1 aromatic rings. The lowest BCUT2D eigenvalue weighted by Crippen LogP contribution is -2.58. The molecule has 8 atom stereocenters. The second-order valence-corrected chi connectivity index (χ2v) is 11.6. The highest BCUT2D eigenvalue weighted by molar-refractivity contribution is 7.80. The molecule has 10 N–H and O–H groups in total. The fraction of sp³-hybridized carbons (Fsp3) is 0.533. The molecule has 1 rings (SSSR count). The van der Waals surface area contributed by atoms with Gasteiger partial charge in [0.15, 0.2) is 0 Å². The van der Waals surface area contributed by atoms with Crippen molar-refractivity contribution in [2.24, 2.45) is 5.73 Å². The summed E-state index contributed by atoms with van der Waals surface area (Å²) in [5.41, 5.74) is 6.48. The molecule has 0 aliphatic carbocycles. The molecule has 0 spiro atoms. The van der Waals surface area contributed by atoms with E-state index in [4.69, 9.17) is 10.8 Å². The first-order valence-electron chi connectivity index (χ1n) is 15.1. The van der Waals surface area contributed by atoms with Gasteiger partial charge in [0.1, 0.15) is 42.3 Å². The predicted octanol–water partition coefficient (Wildman–Crippen LogP) is -2.92. The molecule has 1 aromatic carbocycles. The Hall–Kier alpha value is -4.71. The van der Waals surface area contributed by atoms with E-state index in [-0.39, 0.29) is 12.2 Å². The molecule has 0 bridgehead atoms. The summed E-state index contributed by atoms with van der Waals surface area (Å²) in [5, 5.41) is 25.8. The van der Waals surface area contributed by atoms with Crippen LogP contribution < -0.4 is 43.0 Å². The summed E-state index contributed by atoms with van der Waals surface area (Å²) in [6.45, 7) is 8.03. The van der Waals surface area contributed by atoms with Gasteiger partial charge in [0.05, 0.1) is 6.04 Å². The number of amides is 7. The zero-order valence-electron chi connectivity index (χ0n) is 27.7. The summed E-state index contributed by atoms with van der Waals surface area (Å²) in [6, 6.07) is 0.0380. The summed E-state index contributed by atoms with van der Waals surface area (Å²) >= 11 is 4.01. The van der Waals surface area contributed by atoms with Gasteiger partial charge in [0.2, 0.25) is 41.4 Å². The number of rotatable bonds is 18. The number of thiol groups is 1. The van der Waals surface area contributed by atoms with E-state index < -0.39 is 95.7 Å². The van der Waals surface area contributed by atoms with Crippen molar-refractivity contribution >= 4 is 59.9 Å². The summed E-state index contributed by atoms with van der Waals surface area (Å²) < 4.78 is 0. The van der Waals surface area contributed by atoms with Crippen molar-refractivity contribution in [2.45, 2.75) is 96.3 Å². The highest BCUT2D eigenvalue weighted by Gasteiger charge is 2.29. The average Bonchev–Trinajstić information content (AvgIpc) is 3.03. The Bertz CT molecular complexity index is 1330. The van der Waals surface area contributed by atoms with Crippen LogP contribution in [-0.2, 0) is 44.8 Å². The largest absolute Gasteiger partial charge is 0.480 e. The predicted molar refractivity (Wildman–Crippen MR) is 177 cm³/mol. The van der Waals surface area contributed by atoms with E-state index in [2.05, 4.69) is 49.8 Å². The van der Waals surface area contributed by atoms with E-state index in [0.717, 1.165) is 5.56 Å². The molecule has 0 aliphatic rings. The van der Waals surface area contributed by atoms with Crippen LogP contribution in [0.1, 0.15) is 47.1 Å². The van der Waals surface area contributed by atoms with Gasteiger partial charge in [0.25, 0.3) is 0 Å². The lowest BCUT2D eigenvalue weighted by molar-refractivity contribution is -0.141. The maximum Gasteiger partial charge on any atom is 0.325 e. The molecular weight excluding hydrogens is 648 g/mol. The van der Waals surface area contributed by atoms with E-state index in [1.807, 2.05) is 0 Å². The molecule has 0 saturated carbocycles. The Morgan fingerprint density at radius 1 is 0.562 bits per heavy atom. The summed E-state index contributed by atoms with van der Waals surface area (Å²) in [4.78, 5) is 99.0. The highest BCUT2D eigenvalue weighted by Crippen LogP contribution is 2.05. The Morgan fingerprint density at radius 3 is 1.23 bits per heavy atom. The number of carbonyl (C=O) groups is 8. The zero-order chi connectivity index (χ0) is 36.7. The number of aliphatic carboxylic acids is 1. The first-order chi connectivity index (χ1) is 22.4. The van der Waals surface area contributed by atoms with Gasteiger partial charge in [-0.05, 0) is 47.1 Å². The van der Waals surface area contributed by atoms with E-state index >= 15 is 0 Å². The maximum absolute atomic E-state index is 13.1. The van der Waals surface area contributed by atoms with Gasteiger partial charge >= 0.3 is 5.97 Å².